The summed E-state index contributed by atoms with van der Waals surface area (Å²) in [7, 11) is 1.43. The number of methoxy groups -OCH3 is 1. The average molecular weight is 201 g/mol. The molecule has 3 nitrogen and oxygen atoms in total. The van der Waals surface area contributed by atoms with Crippen LogP contribution in [0.25, 0.3) is 0 Å². The van der Waals surface area contributed by atoms with Crippen LogP contribution in [0.15, 0.2) is 0 Å². The zero-order valence-corrected chi connectivity index (χ0v) is 9.80. The van der Waals surface area contributed by atoms with E-state index in [0.717, 1.165) is 0 Å². The summed E-state index contributed by atoms with van der Waals surface area (Å²) >= 11 is 0. The lowest BCUT2D eigenvalue weighted by Gasteiger charge is -2.16. The summed E-state index contributed by atoms with van der Waals surface area (Å²) in [4.78, 5) is 11.1. The van der Waals surface area contributed by atoms with Crippen molar-refractivity contribution in [2.24, 2.45) is 5.92 Å². The van der Waals surface area contributed by atoms with Gasteiger partial charge in [-0.15, -0.1) is 0 Å². The lowest BCUT2D eigenvalue weighted by molar-refractivity contribution is -0.144. The Bertz CT molecular complexity index is 159. The molecule has 0 bridgehead atoms. The van der Waals surface area contributed by atoms with Gasteiger partial charge in [-0.1, -0.05) is 26.7 Å². The third-order valence-electron chi connectivity index (χ3n) is 2.37. The summed E-state index contributed by atoms with van der Waals surface area (Å²) in [6.07, 6.45) is 3.63. The molecule has 0 aromatic carbocycles. The van der Waals surface area contributed by atoms with Gasteiger partial charge in [-0.05, 0) is 13.3 Å². The Hall–Kier alpha value is -0.570. The molecule has 2 atom stereocenters. The topological polar surface area (TPSA) is 38.3 Å². The van der Waals surface area contributed by atoms with Crippen molar-refractivity contribution >= 4 is 5.97 Å². The fourth-order valence-corrected chi connectivity index (χ4v) is 1.27. The highest BCUT2D eigenvalue weighted by molar-refractivity contribution is 5.72. The lowest BCUT2D eigenvalue weighted by atomic mass is 10.1. The summed E-state index contributed by atoms with van der Waals surface area (Å²) in [5.74, 6) is -0.190. The number of hydrogen-bond donors (Lipinski definition) is 1. The van der Waals surface area contributed by atoms with Crippen LogP contribution in [0.5, 0.6) is 0 Å². The van der Waals surface area contributed by atoms with E-state index in [1.165, 1.54) is 26.4 Å². The minimum Gasteiger partial charge on any atom is -0.469 e. The predicted molar refractivity (Wildman–Crippen MR) is 58.2 cm³/mol. The Kier molecular flexibility index (Phi) is 7.48. The van der Waals surface area contributed by atoms with E-state index in [0.29, 0.717) is 12.6 Å². The molecule has 0 aliphatic heterocycles. The number of ether oxygens (including phenoxy) is 1. The fourth-order valence-electron chi connectivity index (χ4n) is 1.27. The van der Waals surface area contributed by atoms with Gasteiger partial charge in [0.2, 0.25) is 0 Å². The van der Waals surface area contributed by atoms with Crippen molar-refractivity contribution in [2.45, 2.75) is 46.1 Å². The molecule has 0 radical (unpaired) electrons. The van der Waals surface area contributed by atoms with Crippen LogP contribution in [0.3, 0.4) is 0 Å². The number of esters is 1. The highest BCUT2D eigenvalue weighted by Crippen LogP contribution is 2.01. The first-order valence-corrected chi connectivity index (χ1v) is 5.43. The first-order chi connectivity index (χ1) is 6.61. The van der Waals surface area contributed by atoms with Crippen molar-refractivity contribution in [1.82, 2.24) is 5.32 Å². The smallest absolute Gasteiger partial charge is 0.309 e. The Balaban J connectivity index is 3.55. The van der Waals surface area contributed by atoms with Crippen LogP contribution >= 0.6 is 0 Å². The Morgan fingerprint density at radius 1 is 1.43 bits per heavy atom. The van der Waals surface area contributed by atoms with E-state index in [-0.39, 0.29) is 11.9 Å². The van der Waals surface area contributed by atoms with Gasteiger partial charge in [0.05, 0.1) is 13.0 Å². The van der Waals surface area contributed by atoms with E-state index >= 15 is 0 Å². The first-order valence-electron chi connectivity index (χ1n) is 5.43. The van der Waals surface area contributed by atoms with E-state index in [4.69, 9.17) is 0 Å². The summed E-state index contributed by atoms with van der Waals surface area (Å²) in [5, 5.41) is 3.33. The molecular weight excluding hydrogens is 178 g/mol. The van der Waals surface area contributed by atoms with E-state index < -0.39 is 0 Å². The largest absolute Gasteiger partial charge is 0.469 e. The Morgan fingerprint density at radius 3 is 2.57 bits per heavy atom. The summed E-state index contributed by atoms with van der Waals surface area (Å²) in [6, 6.07) is 0.488. The highest BCUT2D eigenvalue weighted by Gasteiger charge is 2.13. The fraction of sp³-hybridized carbons (Fsp3) is 0.909. The van der Waals surface area contributed by atoms with Crippen molar-refractivity contribution < 1.29 is 9.53 Å². The molecule has 1 N–H and O–H groups in total. The number of unbranched alkanes of at least 4 members (excludes halogenated alkanes) is 1. The summed E-state index contributed by atoms with van der Waals surface area (Å²) in [5.41, 5.74) is 0. The molecule has 0 fully saturated rings. The van der Waals surface area contributed by atoms with Crippen molar-refractivity contribution in [3.05, 3.63) is 0 Å². The van der Waals surface area contributed by atoms with Gasteiger partial charge in [0.15, 0.2) is 0 Å². The minimum atomic E-state index is -0.139. The van der Waals surface area contributed by atoms with Crippen LogP contribution in [0, 0.1) is 5.92 Å². The van der Waals surface area contributed by atoms with Crippen LogP contribution < -0.4 is 5.32 Å². The van der Waals surface area contributed by atoms with E-state index in [1.807, 2.05) is 6.92 Å². The summed E-state index contributed by atoms with van der Waals surface area (Å²) in [6.45, 7) is 6.92. The van der Waals surface area contributed by atoms with Gasteiger partial charge in [0, 0.05) is 12.6 Å². The maximum Gasteiger partial charge on any atom is 0.309 e. The zero-order chi connectivity index (χ0) is 11.0. The molecular formula is C11H23NO2. The van der Waals surface area contributed by atoms with Crippen molar-refractivity contribution in [3.63, 3.8) is 0 Å². The predicted octanol–water partition coefficient (Wildman–Crippen LogP) is 1.96. The second kappa shape index (κ2) is 7.80. The molecule has 0 amide bonds. The number of rotatable bonds is 7. The monoisotopic (exact) mass is 201 g/mol. The van der Waals surface area contributed by atoms with Crippen LogP contribution in [-0.2, 0) is 9.53 Å². The number of hydrogen-bond acceptors (Lipinski definition) is 3. The van der Waals surface area contributed by atoms with Crippen molar-refractivity contribution in [2.75, 3.05) is 13.7 Å². The molecule has 0 aliphatic carbocycles. The molecule has 0 aliphatic rings. The molecule has 0 rings (SSSR count). The van der Waals surface area contributed by atoms with Gasteiger partial charge >= 0.3 is 5.97 Å². The molecule has 0 saturated carbocycles. The molecule has 0 heterocycles. The third-order valence-corrected chi connectivity index (χ3v) is 2.37. The first kappa shape index (κ1) is 13.4. The number of nitrogens with one attached hydrogen (secondary N) is 1. The van der Waals surface area contributed by atoms with Crippen LogP contribution in [0.2, 0.25) is 0 Å². The SMILES string of the molecule is CCCCC(C)NCC(C)C(=O)OC. The molecule has 0 aromatic heterocycles. The highest BCUT2D eigenvalue weighted by atomic mass is 16.5. The second-order valence-corrected chi connectivity index (χ2v) is 3.88. The molecule has 0 aromatic rings. The van der Waals surface area contributed by atoms with Crippen molar-refractivity contribution in [1.29, 1.82) is 0 Å². The van der Waals surface area contributed by atoms with Gasteiger partial charge in [0.1, 0.15) is 0 Å². The minimum absolute atomic E-state index is 0.0518. The van der Waals surface area contributed by atoms with E-state index in [2.05, 4.69) is 23.9 Å². The van der Waals surface area contributed by atoms with Gasteiger partial charge in [-0.3, -0.25) is 4.79 Å². The van der Waals surface area contributed by atoms with Crippen LogP contribution in [0.4, 0.5) is 0 Å². The second-order valence-electron chi connectivity index (χ2n) is 3.88. The molecule has 3 heteroatoms. The summed E-state index contributed by atoms with van der Waals surface area (Å²) < 4.78 is 4.65. The quantitative estimate of drug-likeness (QED) is 0.640. The van der Waals surface area contributed by atoms with Gasteiger partial charge < -0.3 is 10.1 Å². The maximum absolute atomic E-state index is 11.1. The third kappa shape index (κ3) is 5.97. The van der Waals surface area contributed by atoms with Gasteiger partial charge in [-0.2, -0.15) is 0 Å². The molecule has 14 heavy (non-hydrogen) atoms. The molecule has 0 spiro atoms. The zero-order valence-electron chi connectivity index (χ0n) is 9.80. The van der Waals surface area contributed by atoms with E-state index in [9.17, 15) is 4.79 Å². The molecule has 2 unspecified atom stereocenters. The molecule has 84 valence electrons. The van der Waals surface area contributed by atoms with Crippen LogP contribution in [0.1, 0.15) is 40.0 Å². The van der Waals surface area contributed by atoms with E-state index in [1.54, 1.807) is 0 Å². The molecule has 0 saturated heterocycles. The average Bonchev–Trinajstić information content (AvgIpc) is 2.21. The van der Waals surface area contributed by atoms with Gasteiger partial charge in [0.25, 0.3) is 0 Å². The Morgan fingerprint density at radius 2 is 2.07 bits per heavy atom. The van der Waals surface area contributed by atoms with Crippen molar-refractivity contribution in [3.8, 4) is 0 Å². The standard InChI is InChI=1S/C11H23NO2/c1-5-6-7-10(3)12-8-9(2)11(13)14-4/h9-10,12H,5-8H2,1-4H3. The number of carbonyl (C=O) groups is 1. The lowest BCUT2D eigenvalue weighted by Crippen LogP contribution is -2.33. The Labute approximate surface area is 87.2 Å². The van der Waals surface area contributed by atoms with Gasteiger partial charge in [-0.25, -0.2) is 0 Å². The normalized spacial score (nSPS) is 14.9. The van der Waals surface area contributed by atoms with Crippen LogP contribution in [-0.4, -0.2) is 25.7 Å². The number of carbonyl (C=O) groups excluding carboxylic acids is 1. The maximum atomic E-state index is 11.1.